The quantitative estimate of drug-likeness (QED) is 0.632. The van der Waals surface area contributed by atoms with Gasteiger partial charge < -0.3 is 5.11 Å². The number of nitro benzene ring substituents is 1. The van der Waals surface area contributed by atoms with Crippen LogP contribution in [0.1, 0.15) is 18.1 Å². The number of rotatable bonds is 6. The number of carbonyl (C=O) groups is 1. The second-order valence-electron chi connectivity index (χ2n) is 5.49. The van der Waals surface area contributed by atoms with Crippen molar-refractivity contribution in [3.63, 3.8) is 0 Å². The molecule has 0 aliphatic rings. The van der Waals surface area contributed by atoms with E-state index < -0.39 is 22.3 Å². The van der Waals surface area contributed by atoms with E-state index in [2.05, 4.69) is 10.3 Å². The molecule has 0 saturated carbocycles. The van der Waals surface area contributed by atoms with E-state index in [4.69, 9.17) is 0 Å². The maximum absolute atomic E-state index is 12.8. The van der Waals surface area contributed by atoms with E-state index in [1.165, 1.54) is 25.1 Å². The van der Waals surface area contributed by atoms with Crippen LogP contribution in [-0.4, -0.2) is 36.4 Å². The second-order valence-corrected chi connectivity index (χ2v) is 5.49. The number of hydrogen-bond donors (Lipinski definition) is 1. The first-order valence-electron chi connectivity index (χ1n) is 6.74. The summed E-state index contributed by atoms with van der Waals surface area (Å²) < 4.78 is 13.8. The number of carbonyl (C=O) groups excluding carboxylic acids is 1. The molecule has 0 spiro atoms. The lowest BCUT2D eigenvalue weighted by molar-refractivity contribution is -0.385. The minimum Gasteiger partial charge on any atom is -0.380 e. The molecule has 23 heavy (non-hydrogen) atoms. The first-order valence-corrected chi connectivity index (χ1v) is 6.74. The summed E-state index contributed by atoms with van der Waals surface area (Å²) in [5.74, 6) is -1.32. The maximum Gasteiger partial charge on any atom is 0.272 e. The molecule has 9 heteroatoms. The Balaban J connectivity index is 2.11. The minimum absolute atomic E-state index is 0.0361. The number of aromatic nitrogens is 3. The summed E-state index contributed by atoms with van der Waals surface area (Å²) in [5, 5.41) is 27.6. The molecule has 1 heterocycles. The van der Waals surface area contributed by atoms with E-state index in [1.807, 2.05) is 0 Å². The van der Waals surface area contributed by atoms with Crippen LogP contribution in [0.4, 0.5) is 10.1 Å². The van der Waals surface area contributed by atoms with Gasteiger partial charge in [0.1, 0.15) is 5.60 Å². The van der Waals surface area contributed by atoms with Crippen molar-refractivity contribution in [2.75, 3.05) is 0 Å². The van der Waals surface area contributed by atoms with Gasteiger partial charge >= 0.3 is 0 Å². The molecular formula is C14H15FN4O4. The summed E-state index contributed by atoms with van der Waals surface area (Å²) in [6.07, 6.45) is 0.862. The number of halogens is 1. The zero-order valence-electron chi connectivity index (χ0n) is 12.6. The van der Waals surface area contributed by atoms with Gasteiger partial charge in [0.2, 0.25) is 0 Å². The van der Waals surface area contributed by atoms with Gasteiger partial charge in [-0.1, -0.05) is 16.4 Å². The zero-order valence-corrected chi connectivity index (χ0v) is 12.6. The zero-order chi connectivity index (χ0) is 17.2. The van der Waals surface area contributed by atoms with Crippen molar-refractivity contribution in [1.29, 1.82) is 0 Å². The molecule has 1 N–H and O–H groups in total. The fourth-order valence-electron chi connectivity index (χ4n) is 2.16. The molecule has 0 radical (unpaired) electrons. The van der Waals surface area contributed by atoms with Gasteiger partial charge in [-0.2, -0.15) is 4.39 Å². The van der Waals surface area contributed by atoms with Gasteiger partial charge in [0, 0.05) is 18.1 Å². The summed E-state index contributed by atoms with van der Waals surface area (Å²) in [6.45, 7) is 2.63. The molecule has 0 aliphatic heterocycles. The van der Waals surface area contributed by atoms with E-state index in [9.17, 15) is 24.4 Å². The summed E-state index contributed by atoms with van der Waals surface area (Å²) in [5.41, 5.74) is -0.831. The van der Waals surface area contributed by atoms with Crippen molar-refractivity contribution in [2.45, 2.75) is 32.4 Å². The molecule has 0 amide bonds. The molecule has 2 aromatic rings. The normalized spacial score (nSPS) is 13.6. The van der Waals surface area contributed by atoms with Crippen LogP contribution in [0.3, 0.4) is 0 Å². The Morgan fingerprint density at radius 2 is 2.22 bits per heavy atom. The summed E-state index contributed by atoms with van der Waals surface area (Å²) in [4.78, 5) is 22.5. The van der Waals surface area contributed by atoms with Gasteiger partial charge in [0.05, 0.1) is 17.7 Å². The van der Waals surface area contributed by atoms with Crippen molar-refractivity contribution >= 4 is 11.5 Å². The van der Waals surface area contributed by atoms with E-state index >= 15 is 0 Å². The topological polar surface area (TPSA) is 111 Å². The summed E-state index contributed by atoms with van der Waals surface area (Å²) in [6, 6.07) is 4.31. The highest BCUT2D eigenvalue weighted by Crippen LogP contribution is 2.20. The number of nitro groups is 1. The highest BCUT2D eigenvalue weighted by atomic mass is 19.1. The van der Waals surface area contributed by atoms with Crippen LogP contribution >= 0.6 is 0 Å². The molecule has 1 aromatic carbocycles. The lowest BCUT2D eigenvalue weighted by Crippen LogP contribution is -2.41. The summed E-state index contributed by atoms with van der Waals surface area (Å²) >= 11 is 0. The van der Waals surface area contributed by atoms with Crippen LogP contribution in [0, 0.1) is 23.0 Å². The number of Topliss-reactive ketones (excluding diaryl/α,β-unsaturated/α-hetero) is 1. The van der Waals surface area contributed by atoms with Gasteiger partial charge in [-0.3, -0.25) is 14.9 Å². The Hall–Kier alpha value is -2.68. The van der Waals surface area contributed by atoms with Crippen LogP contribution in [-0.2, 0) is 17.8 Å². The lowest BCUT2D eigenvalue weighted by atomic mass is 9.94. The SMILES string of the molecule is Cc1cc(CC(=O)[C@@](C)(O)Cn2cc(F)nn2)ccc1[N+](=O)[O-]. The predicted molar refractivity (Wildman–Crippen MR) is 77.1 cm³/mol. The van der Waals surface area contributed by atoms with Crippen LogP contribution in [0.25, 0.3) is 0 Å². The molecule has 1 atom stereocenters. The highest BCUT2D eigenvalue weighted by molar-refractivity contribution is 5.88. The molecule has 122 valence electrons. The third-order valence-corrected chi connectivity index (χ3v) is 3.40. The van der Waals surface area contributed by atoms with Crippen LogP contribution < -0.4 is 0 Å². The minimum atomic E-state index is -1.77. The Labute approximate surface area is 130 Å². The van der Waals surface area contributed by atoms with Gasteiger partial charge in [-0.05, 0) is 25.5 Å². The number of aryl methyl sites for hydroxylation is 1. The molecule has 0 bridgehead atoms. The fourth-order valence-corrected chi connectivity index (χ4v) is 2.16. The number of aliphatic hydroxyl groups is 1. The number of hydrogen-bond acceptors (Lipinski definition) is 6. The fraction of sp³-hybridized carbons (Fsp3) is 0.357. The number of nitrogens with zero attached hydrogens (tertiary/aromatic N) is 4. The Kier molecular flexibility index (Phi) is 4.50. The van der Waals surface area contributed by atoms with Crippen molar-refractivity contribution in [3.8, 4) is 0 Å². The largest absolute Gasteiger partial charge is 0.380 e. The Morgan fingerprint density at radius 3 is 2.74 bits per heavy atom. The molecular weight excluding hydrogens is 307 g/mol. The van der Waals surface area contributed by atoms with E-state index in [0.717, 1.165) is 10.9 Å². The third kappa shape index (κ3) is 3.95. The van der Waals surface area contributed by atoms with Crippen molar-refractivity contribution < 1.29 is 19.2 Å². The first kappa shape index (κ1) is 16.7. The molecule has 1 aromatic heterocycles. The van der Waals surface area contributed by atoms with E-state index in [1.54, 1.807) is 6.92 Å². The molecule has 8 nitrogen and oxygen atoms in total. The van der Waals surface area contributed by atoms with Crippen molar-refractivity contribution in [2.24, 2.45) is 0 Å². The highest BCUT2D eigenvalue weighted by Gasteiger charge is 2.31. The van der Waals surface area contributed by atoms with E-state index in [0.29, 0.717) is 11.1 Å². The number of benzene rings is 1. The van der Waals surface area contributed by atoms with E-state index in [-0.39, 0.29) is 18.7 Å². The molecule has 0 aliphatic carbocycles. The van der Waals surface area contributed by atoms with Crippen LogP contribution in [0.15, 0.2) is 24.4 Å². The predicted octanol–water partition coefficient (Wildman–Crippen LogP) is 1.20. The average Bonchev–Trinajstić information content (AvgIpc) is 2.82. The van der Waals surface area contributed by atoms with Gasteiger partial charge in [-0.25, -0.2) is 4.68 Å². The Bertz CT molecular complexity index is 757. The van der Waals surface area contributed by atoms with Crippen molar-refractivity contribution in [1.82, 2.24) is 15.0 Å². The second kappa shape index (κ2) is 6.21. The van der Waals surface area contributed by atoms with Crippen LogP contribution in [0.5, 0.6) is 0 Å². The van der Waals surface area contributed by atoms with Gasteiger partial charge in [0.25, 0.3) is 11.6 Å². The lowest BCUT2D eigenvalue weighted by Gasteiger charge is -2.21. The van der Waals surface area contributed by atoms with Gasteiger partial charge in [-0.15, -0.1) is 0 Å². The molecule has 0 saturated heterocycles. The molecule has 0 fully saturated rings. The van der Waals surface area contributed by atoms with Crippen molar-refractivity contribution in [3.05, 3.63) is 51.6 Å². The Morgan fingerprint density at radius 1 is 1.52 bits per heavy atom. The monoisotopic (exact) mass is 322 g/mol. The smallest absolute Gasteiger partial charge is 0.272 e. The standard InChI is InChI=1S/C14H15FN4O4/c1-9-5-10(3-4-11(9)19(22)23)6-12(20)14(2,21)8-18-7-13(15)16-17-18/h3-5,7,21H,6,8H2,1-2H3/t14-/m0/s1. The van der Waals surface area contributed by atoms with Gasteiger partial charge in [0.15, 0.2) is 5.78 Å². The first-order chi connectivity index (χ1) is 10.7. The molecule has 0 unspecified atom stereocenters. The average molecular weight is 322 g/mol. The third-order valence-electron chi connectivity index (χ3n) is 3.40. The summed E-state index contributed by atoms with van der Waals surface area (Å²) in [7, 11) is 0. The maximum atomic E-state index is 12.8. The molecule has 2 rings (SSSR count). The van der Waals surface area contributed by atoms with Crippen LogP contribution in [0.2, 0.25) is 0 Å². The number of ketones is 1.